The van der Waals surface area contributed by atoms with Crippen LogP contribution in [0, 0.1) is 0 Å². The van der Waals surface area contributed by atoms with Gasteiger partial charge in [0, 0.05) is 38.3 Å². The molecule has 0 N–H and O–H groups in total. The van der Waals surface area contributed by atoms with Gasteiger partial charge in [0.25, 0.3) is 5.91 Å². The average molecular weight is 464 g/mol. The molecule has 3 heterocycles. The largest absolute Gasteiger partial charge is 0.352 e. The van der Waals surface area contributed by atoms with E-state index in [0.717, 1.165) is 29.9 Å². The highest BCUT2D eigenvalue weighted by molar-refractivity contribution is 7.12. The van der Waals surface area contributed by atoms with Crippen LogP contribution in [0.4, 0.5) is 5.82 Å². The van der Waals surface area contributed by atoms with Crippen LogP contribution >= 0.6 is 11.3 Å². The molecule has 1 aliphatic heterocycles. The fraction of sp³-hybridized carbons (Fsp3) is 0.360. The van der Waals surface area contributed by atoms with Gasteiger partial charge in [-0.05, 0) is 30.0 Å². The molecular weight excluding hydrogens is 434 g/mol. The zero-order chi connectivity index (χ0) is 23.0. The van der Waals surface area contributed by atoms with Crippen LogP contribution in [0.25, 0.3) is 11.3 Å². The Morgan fingerprint density at radius 2 is 1.76 bits per heavy atom. The molecule has 8 heteroatoms. The molecule has 0 atom stereocenters. The Morgan fingerprint density at radius 1 is 0.970 bits per heavy atom. The number of anilines is 1. The predicted molar refractivity (Wildman–Crippen MR) is 131 cm³/mol. The van der Waals surface area contributed by atoms with Crippen molar-refractivity contribution < 1.29 is 9.59 Å². The number of rotatable bonds is 8. The predicted octanol–water partition coefficient (Wildman–Crippen LogP) is 3.80. The number of carbonyl (C=O) groups is 2. The van der Waals surface area contributed by atoms with Crippen molar-refractivity contribution in [3.05, 3.63) is 64.9 Å². The molecule has 3 aromatic rings. The van der Waals surface area contributed by atoms with Crippen LogP contribution in [0.3, 0.4) is 0 Å². The van der Waals surface area contributed by atoms with E-state index in [1.807, 2.05) is 64.9 Å². The zero-order valence-corrected chi connectivity index (χ0v) is 19.7. The Labute approximate surface area is 198 Å². The minimum absolute atomic E-state index is 0.00108. The summed E-state index contributed by atoms with van der Waals surface area (Å²) in [5.74, 6) is 0.764. The van der Waals surface area contributed by atoms with Gasteiger partial charge in [0.15, 0.2) is 5.82 Å². The number of piperazine rings is 1. The van der Waals surface area contributed by atoms with Crippen molar-refractivity contribution in [1.82, 2.24) is 20.0 Å². The number of thiophene rings is 1. The van der Waals surface area contributed by atoms with Gasteiger partial charge in [-0.1, -0.05) is 49.7 Å². The molecule has 1 saturated heterocycles. The van der Waals surface area contributed by atoms with E-state index in [1.54, 1.807) is 4.90 Å². The third-order valence-electron chi connectivity index (χ3n) is 5.80. The lowest BCUT2D eigenvalue weighted by Crippen LogP contribution is -2.52. The fourth-order valence-electron chi connectivity index (χ4n) is 3.86. The second kappa shape index (κ2) is 11.0. The fourth-order valence-corrected chi connectivity index (χ4v) is 4.55. The number of benzene rings is 1. The summed E-state index contributed by atoms with van der Waals surface area (Å²) in [6, 6.07) is 17.6. The average Bonchev–Trinajstić information content (AvgIpc) is 3.42. The van der Waals surface area contributed by atoms with Crippen LogP contribution in [0.1, 0.15) is 29.4 Å². The number of carbonyl (C=O) groups excluding carboxylic acids is 2. The van der Waals surface area contributed by atoms with Gasteiger partial charge in [-0.3, -0.25) is 9.59 Å². The van der Waals surface area contributed by atoms with Crippen molar-refractivity contribution in [2.45, 2.75) is 19.8 Å². The SMILES string of the molecule is CCCCN(CC(=O)N1CCN(c2ccc(-c3ccccc3)nn2)CC1)C(=O)c1cccs1. The lowest BCUT2D eigenvalue weighted by molar-refractivity contribution is -0.132. The van der Waals surface area contributed by atoms with Crippen molar-refractivity contribution >= 4 is 29.0 Å². The summed E-state index contributed by atoms with van der Waals surface area (Å²) in [5, 5.41) is 10.7. The maximum atomic E-state index is 13.0. The highest BCUT2D eigenvalue weighted by Crippen LogP contribution is 2.19. The normalized spacial score (nSPS) is 13.7. The lowest BCUT2D eigenvalue weighted by Gasteiger charge is -2.36. The van der Waals surface area contributed by atoms with E-state index >= 15 is 0 Å². The van der Waals surface area contributed by atoms with Crippen LogP contribution in [0.15, 0.2) is 60.0 Å². The number of unbranched alkanes of at least 4 members (excludes halogenated alkanes) is 1. The molecule has 172 valence electrons. The van der Waals surface area contributed by atoms with Crippen LogP contribution in [-0.2, 0) is 4.79 Å². The number of hydrogen-bond acceptors (Lipinski definition) is 6. The molecule has 0 bridgehead atoms. The Kier molecular flexibility index (Phi) is 7.67. The minimum atomic E-state index is -0.0563. The summed E-state index contributed by atoms with van der Waals surface area (Å²) >= 11 is 1.42. The molecule has 33 heavy (non-hydrogen) atoms. The summed E-state index contributed by atoms with van der Waals surface area (Å²) in [6.45, 7) is 5.41. The van der Waals surface area contributed by atoms with E-state index < -0.39 is 0 Å². The molecule has 0 saturated carbocycles. The Bertz CT molecular complexity index is 1030. The monoisotopic (exact) mass is 463 g/mol. The lowest BCUT2D eigenvalue weighted by atomic mass is 10.1. The maximum Gasteiger partial charge on any atom is 0.264 e. The first kappa shape index (κ1) is 22.9. The van der Waals surface area contributed by atoms with Crippen LogP contribution in [0.2, 0.25) is 0 Å². The Balaban J connectivity index is 1.33. The number of amides is 2. The second-order valence-electron chi connectivity index (χ2n) is 8.07. The van der Waals surface area contributed by atoms with Gasteiger partial charge in [0.1, 0.15) is 6.54 Å². The molecule has 2 aromatic heterocycles. The van der Waals surface area contributed by atoms with Crippen LogP contribution in [0.5, 0.6) is 0 Å². The van der Waals surface area contributed by atoms with Crippen molar-refractivity contribution in [1.29, 1.82) is 0 Å². The number of hydrogen-bond donors (Lipinski definition) is 0. The molecule has 7 nitrogen and oxygen atoms in total. The van der Waals surface area contributed by atoms with E-state index in [-0.39, 0.29) is 18.4 Å². The molecule has 2 amide bonds. The molecule has 0 unspecified atom stereocenters. The quantitative estimate of drug-likeness (QED) is 0.508. The van der Waals surface area contributed by atoms with E-state index in [4.69, 9.17) is 0 Å². The molecule has 0 radical (unpaired) electrons. The van der Waals surface area contributed by atoms with E-state index in [9.17, 15) is 9.59 Å². The summed E-state index contributed by atoms with van der Waals surface area (Å²) < 4.78 is 0. The third-order valence-corrected chi connectivity index (χ3v) is 6.66. The molecule has 0 spiro atoms. The van der Waals surface area contributed by atoms with Gasteiger partial charge in [0.05, 0.1) is 10.6 Å². The van der Waals surface area contributed by atoms with Gasteiger partial charge >= 0.3 is 0 Å². The van der Waals surface area contributed by atoms with Gasteiger partial charge in [0.2, 0.25) is 5.91 Å². The summed E-state index contributed by atoms with van der Waals surface area (Å²) in [7, 11) is 0. The highest BCUT2D eigenvalue weighted by Gasteiger charge is 2.26. The topological polar surface area (TPSA) is 69.6 Å². The van der Waals surface area contributed by atoms with Crippen LogP contribution in [-0.4, -0.2) is 71.1 Å². The first-order valence-corrected chi connectivity index (χ1v) is 12.3. The molecule has 4 rings (SSSR count). The Morgan fingerprint density at radius 3 is 2.39 bits per heavy atom. The number of aromatic nitrogens is 2. The van der Waals surface area contributed by atoms with Crippen molar-refractivity contribution in [3.8, 4) is 11.3 Å². The number of nitrogens with zero attached hydrogens (tertiary/aromatic N) is 5. The van der Waals surface area contributed by atoms with E-state index in [2.05, 4.69) is 22.0 Å². The minimum Gasteiger partial charge on any atom is -0.352 e. The maximum absolute atomic E-state index is 13.0. The van der Waals surface area contributed by atoms with Gasteiger partial charge in [-0.25, -0.2) is 0 Å². The van der Waals surface area contributed by atoms with Crippen molar-refractivity contribution in [2.75, 3.05) is 44.2 Å². The molecule has 1 aliphatic rings. The van der Waals surface area contributed by atoms with Gasteiger partial charge in [-0.15, -0.1) is 21.5 Å². The van der Waals surface area contributed by atoms with E-state index in [0.29, 0.717) is 37.6 Å². The van der Waals surface area contributed by atoms with Crippen LogP contribution < -0.4 is 4.90 Å². The first-order chi connectivity index (χ1) is 16.2. The third kappa shape index (κ3) is 5.76. The summed E-state index contributed by atoms with van der Waals surface area (Å²) in [6.07, 6.45) is 1.86. The van der Waals surface area contributed by atoms with Gasteiger partial charge < -0.3 is 14.7 Å². The summed E-state index contributed by atoms with van der Waals surface area (Å²) in [4.78, 5) is 32.2. The van der Waals surface area contributed by atoms with Crippen molar-refractivity contribution in [3.63, 3.8) is 0 Å². The second-order valence-corrected chi connectivity index (χ2v) is 9.02. The Hall–Kier alpha value is -3.26. The zero-order valence-electron chi connectivity index (χ0n) is 18.9. The van der Waals surface area contributed by atoms with E-state index in [1.165, 1.54) is 11.3 Å². The molecule has 0 aliphatic carbocycles. The van der Waals surface area contributed by atoms with Gasteiger partial charge in [-0.2, -0.15) is 0 Å². The summed E-state index contributed by atoms with van der Waals surface area (Å²) in [5.41, 5.74) is 1.88. The first-order valence-electron chi connectivity index (χ1n) is 11.4. The molecule has 1 aromatic carbocycles. The molecular formula is C25H29N5O2S. The standard InChI is InChI=1S/C25H29N5O2S/c1-2-3-13-30(25(32)22-10-7-18-33-22)19-24(31)29-16-14-28(15-17-29)23-12-11-21(26-27-23)20-8-5-4-6-9-20/h4-12,18H,2-3,13-17,19H2,1H3. The molecule has 1 fully saturated rings. The van der Waals surface area contributed by atoms with Crippen molar-refractivity contribution in [2.24, 2.45) is 0 Å². The highest BCUT2D eigenvalue weighted by atomic mass is 32.1. The smallest absolute Gasteiger partial charge is 0.264 e.